The van der Waals surface area contributed by atoms with Gasteiger partial charge in [-0.1, -0.05) is 13.8 Å². The molecule has 2 rings (SSSR count). The van der Waals surface area contributed by atoms with Crippen molar-refractivity contribution in [2.24, 2.45) is 11.7 Å². The van der Waals surface area contributed by atoms with E-state index in [-0.39, 0.29) is 17.8 Å². The average molecular weight is 264 g/mol. The molecule has 0 amide bonds. The summed E-state index contributed by atoms with van der Waals surface area (Å²) >= 11 is 0. The molecule has 4 heteroatoms. The monoisotopic (exact) mass is 264 g/mol. The molecule has 1 aliphatic heterocycles. The minimum Gasteiger partial charge on any atom is -0.508 e. The van der Waals surface area contributed by atoms with Gasteiger partial charge in [0.05, 0.1) is 6.04 Å². The largest absolute Gasteiger partial charge is 0.508 e. The summed E-state index contributed by atoms with van der Waals surface area (Å²) in [6.45, 7) is 5.91. The van der Waals surface area contributed by atoms with Gasteiger partial charge in [0.1, 0.15) is 18.1 Å². The Morgan fingerprint density at radius 2 is 2.21 bits per heavy atom. The van der Waals surface area contributed by atoms with Crippen LogP contribution in [0, 0.1) is 5.92 Å². The summed E-state index contributed by atoms with van der Waals surface area (Å²) in [6, 6.07) is 5.84. The van der Waals surface area contributed by atoms with Crippen LogP contribution < -0.4 is 10.5 Å². The third kappa shape index (κ3) is 3.19. The first kappa shape index (κ1) is 14.2. The van der Waals surface area contributed by atoms with Crippen LogP contribution in [0.4, 0.5) is 0 Å². The number of nitrogens with two attached hydrogens (primary N) is 1. The first-order chi connectivity index (χ1) is 8.99. The zero-order chi connectivity index (χ0) is 14.0. The molecule has 2 atom stereocenters. The van der Waals surface area contributed by atoms with Gasteiger partial charge in [-0.25, -0.2) is 0 Å². The molecule has 3 N–H and O–H groups in total. The fourth-order valence-electron chi connectivity index (χ4n) is 2.39. The minimum absolute atomic E-state index is 0.240. The molecule has 1 heterocycles. The first-order valence-corrected chi connectivity index (χ1v) is 6.90. The zero-order valence-corrected chi connectivity index (χ0v) is 12.0. The Balaban J connectivity index is 1.97. The average Bonchev–Trinajstić information content (AvgIpc) is 2.78. The fourth-order valence-corrected chi connectivity index (χ4v) is 2.39. The molecule has 0 saturated carbocycles. The standard InChI is InChI=1S/C15H24N2O2/c1-10(2)13(16)6-7-17(3)14-9-19-15-8-11(18)4-5-12(14)15/h4-5,8,10,13-14,18H,6-7,9,16H2,1-3H3. The number of nitrogens with zero attached hydrogens (tertiary/aromatic N) is 1. The summed E-state index contributed by atoms with van der Waals surface area (Å²) in [6.07, 6.45) is 0.984. The lowest BCUT2D eigenvalue weighted by Gasteiger charge is -2.25. The van der Waals surface area contributed by atoms with Crippen LogP contribution in [0.15, 0.2) is 18.2 Å². The summed E-state index contributed by atoms with van der Waals surface area (Å²) in [7, 11) is 2.10. The maximum Gasteiger partial charge on any atom is 0.127 e. The Kier molecular flexibility index (Phi) is 4.32. The number of fused-ring (bicyclic) bond motifs is 1. The van der Waals surface area contributed by atoms with Crippen molar-refractivity contribution in [3.63, 3.8) is 0 Å². The SMILES string of the molecule is CC(C)C(N)CCN(C)C1COc2cc(O)ccc21. The number of phenolic OH excluding ortho intramolecular Hbond substituents is 1. The third-order valence-corrected chi connectivity index (χ3v) is 3.96. The molecule has 0 aromatic heterocycles. The fraction of sp³-hybridized carbons (Fsp3) is 0.600. The van der Waals surface area contributed by atoms with Crippen LogP contribution in [0.1, 0.15) is 31.9 Å². The van der Waals surface area contributed by atoms with Crippen LogP contribution in [-0.4, -0.2) is 36.2 Å². The van der Waals surface area contributed by atoms with Crippen molar-refractivity contribution in [2.45, 2.75) is 32.4 Å². The second-order valence-electron chi connectivity index (χ2n) is 5.73. The van der Waals surface area contributed by atoms with Gasteiger partial charge >= 0.3 is 0 Å². The Bertz CT molecular complexity index is 434. The van der Waals surface area contributed by atoms with E-state index in [4.69, 9.17) is 10.5 Å². The van der Waals surface area contributed by atoms with Crippen molar-refractivity contribution >= 4 is 0 Å². The van der Waals surface area contributed by atoms with Crippen molar-refractivity contribution in [3.05, 3.63) is 23.8 Å². The predicted octanol–water partition coefficient (Wildman–Crippen LogP) is 2.13. The number of phenols is 1. The zero-order valence-electron chi connectivity index (χ0n) is 12.0. The highest BCUT2D eigenvalue weighted by molar-refractivity contribution is 5.44. The van der Waals surface area contributed by atoms with E-state index >= 15 is 0 Å². The topological polar surface area (TPSA) is 58.7 Å². The van der Waals surface area contributed by atoms with Crippen LogP contribution >= 0.6 is 0 Å². The highest BCUT2D eigenvalue weighted by atomic mass is 16.5. The van der Waals surface area contributed by atoms with Crippen molar-refractivity contribution in [1.29, 1.82) is 0 Å². The number of ether oxygens (including phenoxy) is 1. The molecule has 1 aliphatic rings. The lowest BCUT2D eigenvalue weighted by molar-refractivity contribution is 0.187. The van der Waals surface area contributed by atoms with Crippen LogP contribution in [0.25, 0.3) is 0 Å². The molecule has 1 aromatic rings. The van der Waals surface area contributed by atoms with E-state index in [2.05, 4.69) is 25.8 Å². The van der Waals surface area contributed by atoms with Gasteiger partial charge in [-0.05, 0) is 31.5 Å². The van der Waals surface area contributed by atoms with Crippen molar-refractivity contribution in [2.75, 3.05) is 20.2 Å². The molecule has 19 heavy (non-hydrogen) atoms. The highest BCUT2D eigenvalue weighted by Crippen LogP contribution is 2.37. The summed E-state index contributed by atoms with van der Waals surface area (Å²) in [5, 5.41) is 9.45. The number of hydrogen-bond donors (Lipinski definition) is 2. The Labute approximate surface area is 115 Å². The lowest BCUT2D eigenvalue weighted by Crippen LogP contribution is -2.34. The van der Waals surface area contributed by atoms with Crippen LogP contribution in [0.5, 0.6) is 11.5 Å². The van der Waals surface area contributed by atoms with E-state index in [1.165, 1.54) is 0 Å². The molecular formula is C15H24N2O2. The Morgan fingerprint density at radius 3 is 2.89 bits per heavy atom. The van der Waals surface area contributed by atoms with Gasteiger partial charge in [0, 0.05) is 24.2 Å². The van der Waals surface area contributed by atoms with E-state index < -0.39 is 0 Å². The smallest absolute Gasteiger partial charge is 0.127 e. The summed E-state index contributed by atoms with van der Waals surface area (Å²) in [4.78, 5) is 2.28. The van der Waals surface area contributed by atoms with Gasteiger partial charge in [0.2, 0.25) is 0 Å². The molecule has 1 aromatic carbocycles. The van der Waals surface area contributed by atoms with Gasteiger partial charge in [-0.2, -0.15) is 0 Å². The molecule has 0 spiro atoms. The van der Waals surface area contributed by atoms with E-state index in [9.17, 15) is 5.11 Å². The Hall–Kier alpha value is -1.26. The highest BCUT2D eigenvalue weighted by Gasteiger charge is 2.27. The first-order valence-electron chi connectivity index (χ1n) is 6.90. The molecule has 106 valence electrons. The number of hydrogen-bond acceptors (Lipinski definition) is 4. The maximum atomic E-state index is 9.45. The van der Waals surface area contributed by atoms with Gasteiger partial charge in [0.25, 0.3) is 0 Å². The van der Waals surface area contributed by atoms with Crippen molar-refractivity contribution in [3.8, 4) is 11.5 Å². The lowest BCUT2D eigenvalue weighted by atomic mass is 10.0. The number of likely N-dealkylation sites (N-methyl/N-ethyl adjacent to an activating group) is 1. The van der Waals surface area contributed by atoms with Crippen LogP contribution in [0.3, 0.4) is 0 Å². The Morgan fingerprint density at radius 1 is 1.47 bits per heavy atom. The van der Waals surface area contributed by atoms with E-state index in [0.29, 0.717) is 12.5 Å². The van der Waals surface area contributed by atoms with Gasteiger partial charge in [-0.3, -0.25) is 4.90 Å². The number of rotatable bonds is 5. The van der Waals surface area contributed by atoms with Crippen molar-refractivity contribution < 1.29 is 9.84 Å². The van der Waals surface area contributed by atoms with Gasteiger partial charge in [-0.15, -0.1) is 0 Å². The molecule has 0 aliphatic carbocycles. The summed E-state index contributed by atoms with van der Waals surface area (Å²) in [5.74, 6) is 1.56. The number of aromatic hydroxyl groups is 1. The second kappa shape index (κ2) is 5.80. The van der Waals surface area contributed by atoms with Crippen molar-refractivity contribution in [1.82, 2.24) is 4.90 Å². The molecular weight excluding hydrogens is 240 g/mol. The summed E-state index contributed by atoms with van der Waals surface area (Å²) in [5.41, 5.74) is 7.24. The molecule has 0 fully saturated rings. The molecule has 2 unspecified atom stereocenters. The number of benzene rings is 1. The summed E-state index contributed by atoms with van der Waals surface area (Å²) < 4.78 is 5.63. The second-order valence-corrected chi connectivity index (χ2v) is 5.73. The van der Waals surface area contributed by atoms with E-state index in [1.54, 1.807) is 12.1 Å². The molecule has 0 radical (unpaired) electrons. The van der Waals surface area contributed by atoms with Gasteiger partial charge < -0.3 is 15.6 Å². The quantitative estimate of drug-likeness (QED) is 0.855. The third-order valence-electron chi connectivity index (χ3n) is 3.96. The molecule has 0 bridgehead atoms. The minimum atomic E-state index is 0.240. The molecule has 4 nitrogen and oxygen atoms in total. The van der Waals surface area contributed by atoms with Crippen LogP contribution in [0.2, 0.25) is 0 Å². The van der Waals surface area contributed by atoms with Crippen LogP contribution in [-0.2, 0) is 0 Å². The molecule has 0 saturated heterocycles. The normalized spacial score (nSPS) is 19.6. The van der Waals surface area contributed by atoms with E-state index in [0.717, 1.165) is 24.3 Å². The predicted molar refractivity (Wildman–Crippen MR) is 76.4 cm³/mol. The maximum absolute atomic E-state index is 9.45. The van der Waals surface area contributed by atoms with Gasteiger partial charge in [0.15, 0.2) is 0 Å². The van der Waals surface area contributed by atoms with E-state index in [1.807, 2.05) is 6.07 Å².